The fourth-order valence-electron chi connectivity index (χ4n) is 4.48. The molecular weight excluding hydrogens is 620 g/mol. The van der Waals surface area contributed by atoms with Gasteiger partial charge >= 0.3 is 6.09 Å². The van der Waals surface area contributed by atoms with E-state index in [1.54, 1.807) is 19.1 Å². The second-order valence-electron chi connectivity index (χ2n) is 9.75. The minimum Gasteiger partial charge on any atom is -1.00 e. The molecule has 0 aliphatic rings. The van der Waals surface area contributed by atoms with Gasteiger partial charge in [-0.3, -0.25) is 14.9 Å². The molecule has 0 radical (unpaired) electrons. The van der Waals surface area contributed by atoms with Gasteiger partial charge in [-0.05, 0) is 70.9 Å². The Morgan fingerprint density at radius 3 is 2.45 bits per heavy atom. The first-order valence-corrected chi connectivity index (χ1v) is 14.4. The second-order valence-corrected chi connectivity index (χ2v) is 10.7. The Labute approximate surface area is 260 Å². The number of halogens is 2. The molecule has 0 spiro atoms. The van der Waals surface area contributed by atoms with Gasteiger partial charge in [0.05, 0.1) is 10.2 Å². The molecule has 3 N–H and O–H groups in total. The van der Waals surface area contributed by atoms with Crippen LogP contribution in [0.5, 0.6) is 0 Å². The minimum absolute atomic E-state index is 0. The monoisotopic (exact) mass is 652 g/mol. The average molecular weight is 654 g/mol. The van der Waals surface area contributed by atoms with Gasteiger partial charge in [-0.25, -0.2) is 9.36 Å². The van der Waals surface area contributed by atoms with Gasteiger partial charge in [0.25, 0.3) is 5.91 Å². The number of carbonyl (C=O) groups is 3. The fraction of sp³-hybridized carbons (Fsp3) is 0.250. The lowest BCUT2D eigenvalue weighted by Gasteiger charge is -2.16. The molecular formula is C32H34BrClN4O4. The number of ether oxygens (including phenoxy) is 1. The topological polar surface area (TPSA) is 100 Å². The van der Waals surface area contributed by atoms with Gasteiger partial charge in [0, 0.05) is 23.9 Å². The van der Waals surface area contributed by atoms with E-state index in [-0.39, 0.29) is 30.6 Å². The van der Waals surface area contributed by atoms with Crippen molar-refractivity contribution in [3.8, 4) is 0 Å². The summed E-state index contributed by atoms with van der Waals surface area (Å²) in [6, 6.07) is 22.7. The van der Waals surface area contributed by atoms with Gasteiger partial charge < -0.3 is 27.8 Å². The molecule has 0 saturated carbocycles. The molecule has 1 unspecified atom stereocenters. The molecule has 1 heterocycles. The number of anilines is 2. The first-order chi connectivity index (χ1) is 19.8. The molecule has 3 amide bonds. The molecule has 1 aromatic heterocycles. The molecule has 0 saturated heterocycles. The van der Waals surface area contributed by atoms with E-state index in [4.69, 9.17) is 4.74 Å². The molecule has 10 heteroatoms. The van der Waals surface area contributed by atoms with Crippen LogP contribution >= 0.6 is 15.9 Å². The number of fused-ring (bicyclic) bond motifs is 1. The van der Waals surface area contributed by atoms with E-state index >= 15 is 0 Å². The Morgan fingerprint density at radius 1 is 0.952 bits per heavy atom. The summed E-state index contributed by atoms with van der Waals surface area (Å²) < 4.78 is 8.16. The highest BCUT2D eigenvalue weighted by Gasteiger charge is 2.15. The number of benzene rings is 3. The lowest BCUT2D eigenvalue weighted by Crippen LogP contribution is -3.00. The Morgan fingerprint density at radius 2 is 1.69 bits per heavy atom. The van der Waals surface area contributed by atoms with Gasteiger partial charge in [0.1, 0.15) is 12.1 Å². The summed E-state index contributed by atoms with van der Waals surface area (Å²) in [5.74, 6) is -0.378. The molecule has 4 rings (SSSR count). The van der Waals surface area contributed by atoms with Gasteiger partial charge in [-0.2, -0.15) is 0 Å². The van der Waals surface area contributed by atoms with E-state index in [9.17, 15) is 14.4 Å². The summed E-state index contributed by atoms with van der Waals surface area (Å²) in [7, 11) is 0. The number of pyridine rings is 1. The van der Waals surface area contributed by atoms with Crippen LogP contribution < -0.4 is 32.9 Å². The fourth-order valence-corrected chi connectivity index (χ4v) is 4.99. The summed E-state index contributed by atoms with van der Waals surface area (Å²) in [6.45, 7) is 4.54. The van der Waals surface area contributed by atoms with Gasteiger partial charge in [-0.15, -0.1) is 0 Å². The third-order valence-electron chi connectivity index (χ3n) is 6.39. The number of carbonyl (C=O) groups excluding carboxylic acids is 3. The van der Waals surface area contributed by atoms with Crippen LogP contribution in [0.15, 0.2) is 89.7 Å². The second kappa shape index (κ2) is 15.9. The van der Waals surface area contributed by atoms with Crippen LogP contribution in [0.4, 0.5) is 16.2 Å². The van der Waals surface area contributed by atoms with Crippen LogP contribution in [0, 0.1) is 0 Å². The lowest BCUT2D eigenvalue weighted by atomic mass is 10.1. The van der Waals surface area contributed by atoms with Crippen molar-refractivity contribution in [2.45, 2.75) is 52.3 Å². The zero-order valence-electron chi connectivity index (χ0n) is 23.5. The van der Waals surface area contributed by atoms with Crippen LogP contribution in [0.25, 0.3) is 10.8 Å². The molecule has 0 aliphatic heterocycles. The molecule has 3 aromatic carbocycles. The maximum Gasteiger partial charge on any atom is 0.413 e. The number of hydrogen-bond acceptors (Lipinski definition) is 4. The summed E-state index contributed by atoms with van der Waals surface area (Å²) in [4.78, 5) is 37.5. The quantitative estimate of drug-likeness (QED) is 0.170. The normalized spacial score (nSPS) is 11.2. The summed E-state index contributed by atoms with van der Waals surface area (Å²) in [5, 5.41) is 10.3. The molecule has 0 fully saturated rings. The molecule has 8 nitrogen and oxygen atoms in total. The van der Waals surface area contributed by atoms with Crippen molar-refractivity contribution in [2.24, 2.45) is 0 Å². The van der Waals surface area contributed by atoms with Crippen molar-refractivity contribution < 1.29 is 36.1 Å². The van der Waals surface area contributed by atoms with Gasteiger partial charge in [0.2, 0.25) is 5.91 Å². The van der Waals surface area contributed by atoms with Crippen LogP contribution in [0.3, 0.4) is 0 Å². The van der Waals surface area contributed by atoms with Crippen molar-refractivity contribution in [1.29, 1.82) is 0 Å². The first-order valence-electron chi connectivity index (χ1n) is 13.7. The number of nitrogens with one attached hydrogen (secondary N) is 3. The summed E-state index contributed by atoms with van der Waals surface area (Å²) in [5.41, 5.74) is 2.97. The van der Waals surface area contributed by atoms with Crippen molar-refractivity contribution in [2.75, 3.05) is 10.6 Å². The SMILES string of the molecule is CCC[n+]1cc(Br)cc(C(=O)Nc2ccc(CCCC(=O)NC(C)OC(=O)Nc3cccc4ccccc34)cc2)c1.[Cl-]. The van der Waals surface area contributed by atoms with Crippen LogP contribution in [-0.4, -0.2) is 24.1 Å². The highest BCUT2D eigenvalue weighted by atomic mass is 79.9. The molecule has 4 aromatic rings. The smallest absolute Gasteiger partial charge is 0.413 e. The van der Waals surface area contributed by atoms with E-state index in [0.717, 1.165) is 33.8 Å². The third-order valence-corrected chi connectivity index (χ3v) is 6.82. The van der Waals surface area contributed by atoms with Crippen molar-refractivity contribution >= 4 is 56.0 Å². The Hall–Kier alpha value is -3.95. The van der Waals surface area contributed by atoms with E-state index in [2.05, 4.69) is 38.8 Å². The van der Waals surface area contributed by atoms with Crippen molar-refractivity contribution in [1.82, 2.24) is 5.32 Å². The predicted molar refractivity (Wildman–Crippen MR) is 164 cm³/mol. The maximum absolute atomic E-state index is 12.7. The predicted octanol–water partition coefficient (Wildman–Crippen LogP) is 3.59. The standard InChI is InChI=1S/C32H33BrN4O4.ClH/c1-3-18-37-20-25(19-26(33)21-37)31(39)35-27-16-14-23(15-17-27)8-6-13-30(38)34-22(2)41-32(40)36-29-12-7-10-24-9-4-5-11-28(24)29;/h4-5,7,9-12,14-17,19-22H,3,6,8,13,18H2,1-2H3,(H2-,34,35,36,38,39,40);1H. The minimum atomic E-state index is -0.776. The Bertz CT molecular complexity index is 1530. The Kier molecular flexibility index (Phi) is 12.3. The number of nitrogens with zero attached hydrogens (tertiary/aromatic N) is 1. The number of rotatable bonds is 11. The number of hydrogen-bond donors (Lipinski definition) is 3. The highest BCUT2D eigenvalue weighted by Crippen LogP contribution is 2.23. The lowest BCUT2D eigenvalue weighted by molar-refractivity contribution is -0.697. The largest absolute Gasteiger partial charge is 1.00 e. The van der Waals surface area contributed by atoms with E-state index in [1.165, 1.54) is 0 Å². The summed E-state index contributed by atoms with van der Waals surface area (Å²) >= 11 is 3.47. The molecule has 42 heavy (non-hydrogen) atoms. The first kappa shape index (κ1) is 32.6. The number of amides is 3. The van der Waals surface area contributed by atoms with Gasteiger partial charge in [0.15, 0.2) is 18.6 Å². The van der Waals surface area contributed by atoms with Crippen LogP contribution in [-0.2, 0) is 22.5 Å². The molecule has 0 aliphatic carbocycles. The van der Waals surface area contributed by atoms with Crippen molar-refractivity contribution in [3.05, 3.63) is 101 Å². The molecule has 0 bridgehead atoms. The van der Waals surface area contributed by atoms with Crippen LogP contribution in [0.2, 0.25) is 0 Å². The third kappa shape index (κ3) is 9.56. The number of aryl methyl sites for hydroxylation is 2. The van der Waals surface area contributed by atoms with Gasteiger partial charge in [-0.1, -0.05) is 55.5 Å². The zero-order valence-corrected chi connectivity index (χ0v) is 25.9. The summed E-state index contributed by atoms with van der Waals surface area (Å²) in [6.07, 6.45) is 4.96. The van der Waals surface area contributed by atoms with Crippen molar-refractivity contribution in [3.63, 3.8) is 0 Å². The van der Waals surface area contributed by atoms with E-state index in [1.807, 2.05) is 77.6 Å². The number of aromatic nitrogens is 1. The highest BCUT2D eigenvalue weighted by molar-refractivity contribution is 9.10. The molecule has 220 valence electrons. The Balaban J connectivity index is 0.00000484. The van der Waals surface area contributed by atoms with Crippen LogP contribution in [0.1, 0.15) is 49.0 Å². The average Bonchev–Trinajstić information content (AvgIpc) is 2.94. The maximum atomic E-state index is 12.7. The van der Waals surface area contributed by atoms with E-state index < -0.39 is 12.3 Å². The molecule has 1 atom stereocenters. The zero-order chi connectivity index (χ0) is 29.2. The van der Waals surface area contributed by atoms with E-state index in [0.29, 0.717) is 29.8 Å².